The largest absolute Gasteiger partial charge is 0.384 e. The molecule has 1 fully saturated rings. The molecule has 1 aliphatic heterocycles. The van der Waals surface area contributed by atoms with Gasteiger partial charge in [0.2, 0.25) is 0 Å². The van der Waals surface area contributed by atoms with Crippen molar-refractivity contribution in [1.29, 1.82) is 0 Å². The molecule has 0 unspecified atom stereocenters. The smallest absolute Gasteiger partial charge is 0.253 e. The fraction of sp³-hybridized carbons (Fsp3) is 0.500. The number of thiol groups is 1. The van der Waals surface area contributed by atoms with Crippen LogP contribution in [0, 0.1) is 5.92 Å². The second kappa shape index (κ2) is 6.25. The van der Waals surface area contributed by atoms with Crippen LogP contribution in [0.2, 0.25) is 0 Å². The zero-order valence-electron chi connectivity index (χ0n) is 10.6. The van der Waals surface area contributed by atoms with Gasteiger partial charge in [-0.25, -0.2) is 0 Å². The normalized spacial score (nSPS) is 16.9. The average molecular weight is 265 g/mol. The van der Waals surface area contributed by atoms with Crippen molar-refractivity contribution in [3.05, 3.63) is 29.8 Å². The van der Waals surface area contributed by atoms with E-state index in [1.54, 1.807) is 7.11 Å². The summed E-state index contributed by atoms with van der Waals surface area (Å²) in [5, 5.41) is 0. The first kappa shape index (κ1) is 13.4. The molecule has 4 heteroatoms. The Balaban J connectivity index is 1.93. The van der Waals surface area contributed by atoms with Gasteiger partial charge in [0.15, 0.2) is 0 Å². The van der Waals surface area contributed by atoms with Gasteiger partial charge in [0, 0.05) is 37.3 Å². The van der Waals surface area contributed by atoms with Crippen molar-refractivity contribution in [2.45, 2.75) is 17.7 Å². The van der Waals surface area contributed by atoms with Gasteiger partial charge in [-0.15, -0.1) is 12.6 Å². The average Bonchev–Trinajstić information content (AvgIpc) is 2.40. The quantitative estimate of drug-likeness (QED) is 0.851. The highest BCUT2D eigenvalue weighted by Gasteiger charge is 2.23. The number of ether oxygens (including phenoxy) is 1. The van der Waals surface area contributed by atoms with Crippen molar-refractivity contribution < 1.29 is 9.53 Å². The van der Waals surface area contributed by atoms with E-state index in [-0.39, 0.29) is 5.91 Å². The second-order valence-corrected chi connectivity index (χ2v) is 5.25. The molecule has 0 aliphatic carbocycles. The molecule has 0 atom stereocenters. The number of amides is 1. The van der Waals surface area contributed by atoms with Gasteiger partial charge in [-0.1, -0.05) is 0 Å². The second-order valence-electron chi connectivity index (χ2n) is 4.74. The number of likely N-dealkylation sites (tertiary alicyclic amines) is 1. The van der Waals surface area contributed by atoms with Crippen molar-refractivity contribution >= 4 is 18.5 Å². The van der Waals surface area contributed by atoms with Gasteiger partial charge >= 0.3 is 0 Å². The van der Waals surface area contributed by atoms with Gasteiger partial charge in [-0.05, 0) is 43.0 Å². The van der Waals surface area contributed by atoms with Gasteiger partial charge in [0.25, 0.3) is 5.91 Å². The Bertz CT molecular complexity index is 397. The molecule has 0 N–H and O–H groups in total. The van der Waals surface area contributed by atoms with Crippen molar-refractivity contribution in [2.75, 3.05) is 26.8 Å². The third-order valence-electron chi connectivity index (χ3n) is 3.42. The fourth-order valence-corrected chi connectivity index (χ4v) is 2.47. The van der Waals surface area contributed by atoms with E-state index in [9.17, 15) is 4.79 Å². The van der Waals surface area contributed by atoms with Gasteiger partial charge in [-0.2, -0.15) is 0 Å². The maximum Gasteiger partial charge on any atom is 0.253 e. The van der Waals surface area contributed by atoms with Crippen molar-refractivity contribution in [3.63, 3.8) is 0 Å². The minimum absolute atomic E-state index is 0.124. The summed E-state index contributed by atoms with van der Waals surface area (Å²) in [5.41, 5.74) is 0.748. The predicted molar refractivity (Wildman–Crippen MR) is 74.2 cm³/mol. The van der Waals surface area contributed by atoms with E-state index in [0.717, 1.165) is 43.0 Å². The number of piperidine rings is 1. The summed E-state index contributed by atoms with van der Waals surface area (Å²) in [7, 11) is 1.73. The van der Waals surface area contributed by atoms with Crippen LogP contribution in [-0.2, 0) is 4.74 Å². The van der Waals surface area contributed by atoms with Gasteiger partial charge < -0.3 is 9.64 Å². The maximum atomic E-state index is 12.2. The highest BCUT2D eigenvalue weighted by Crippen LogP contribution is 2.19. The van der Waals surface area contributed by atoms with Crippen LogP contribution in [0.3, 0.4) is 0 Å². The lowest BCUT2D eigenvalue weighted by molar-refractivity contribution is 0.0613. The number of carbonyl (C=O) groups excluding carboxylic acids is 1. The first-order chi connectivity index (χ1) is 8.70. The van der Waals surface area contributed by atoms with E-state index in [0.29, 0.717) is 5.92 Å². The summed E-state index contributed by atoms with van der Waals surface area (Å²) < 4.78 is 5.16. The van der Waals surface area contributed by atoms with Crippen LogP contribution in [-0.4, -0.2) is 37.6 Å². The minimum Gasteiger partial charge on any atom is -0.384 e. The van der Waals surface area contributed by atoms with Crippen molar-refractivity contribution in [2.24, 2.45) is 5.92 Å². The van der Waals surface area contributed by atoms with E-state index in [2.05, 4.69) is 12.6 Å². The molecule has 1 heterocycles. The molecule has 1 aromatic carbocycles. The Morgan fingerprint density at radius 3 is 2.50 bits per heavy atom. The van der Waals surface area contributed by atoms with Crippen LogP contribution in [0.4, 0.5) is 0 Å². The maximum absolute atomic E-state index is 12.2. The number of hydrogen-bond donors (Lipinski definition) is 1. The number of nitrogens with zero attached hydrogens (tertiary/aromatic N) is 1. The van der Waals surface area contributed by atoms with Crippen molar-refractivity contribution in [1.82, 2.24) is 4.90 Å². The predicted octanol–water partition coefficient (Wildman–Crippen LogP) is 2.47. The van der Waals surface area contributed by atoms with E-state index in [4.69, 9.17) is 4.74 Å². The molecule has 1 amide bonds. The first-order valence-electron chi connectivity index (χ1n) is 6.28. The third kappa shape index (κ3) is 3.27. The molecule has 0 radical (unpaired) electrons. The Morgan fingerprint density at radius 1 is 1.33 bits per heavy atom. The highest BCUT2D eigenvalue weighted by atomic mass is 32.1. The Labute approximate surface area is 114 Å². The standard InChI is InChI=1S/C14H19NO2S/c1-17-10-11-6-8-15(9-7-11)14(16)12-2-4-13(18)5-3-12/h2-5,11,18H,6-10H2,1H3. The van der Waals surface area contributed by atoms with Crippen LogP contribution < -0.4 is 0 Å². The summed E-state index contributed by atoms with van der Waals surface area (Å²) in [4.78, 5) is 15.1. The Kier molecular flexibility index (Phi) is 4.66. The van der Waals surface area contributed by atoms with Gasteiger partial charge in [-0.3, -0.25) is 4.79 Å². The number of hydrogen-bond acceptors (Lipinski definition) is 3. The van der Waals surface area contributed by atoms with E-state index in [1.165, 1.54) is 0 Å². The third-order valence-corrected chi connectivity index (χ3v) is 3.72. The first-order valence-corrected chi connectivity index (χ1v) is 6.72. The Hall–Kier alpha value is -1.00. The van der Waals surface area contributed by atoms with Gasteiger partial charge in [0.05, 0.1) is 0 Å². The summed E-state index contributed by atoms with van der Waals surface area (Å²) in [6, 6.07) is 7.39. The topological polar surface area (TPSA) is 29.5 Å². The lowest BCUT2D eigenvalue weighted by Crippen LogP contribution is -2.39. The SMILES string of the molecule is COCC1CCN(C(=O)c2ccc(S)cc2)CC1. The molecular weight excluding hydrogens is 246 g/mol. The number of benzene rings is 1. The highest BCUT2D eigenvalue weighted by molar-refractivity contribution is 7.80. The van der Waals surface area contributed by atoms with E-state index >= 15 is 0 Å². The summed E-state index contributed by atoms with van der Waals surface area (Å²) in [6.45, 7) is 2.46. The molecule has 1 saturated heterocycles. The van der Waals surface area contributed by atoms with E-state index in [1.807, 2.05) is 29.2 Å². The lowest BCUT2D eigenvalue weighted by Gasteiger charge is -2.31. The van der Waals surface area contributed by atoms with Gasteiger partial charge in [0.1, 0.15) is 0 Å². The molecule has 2 rings (SSSR count). The molecule has 18 heavy (non-hydrogen) atoms. The summed E-state index contributed by atoms with van der Waals surface area (Å²) in [6.07, 6.45) is 2.06. The van der Waals surface area contributed by atoms with Crippen LogP contribution in [0.5, 0.6) is 0 Å². The molecule has 98 valence electrons. The lowest BCUT2D eigenvalue weighted by atomic mass is 9.97. The number of methoxy groups -OCH3 is 1. The molecule has 0 aromatic heterocycles. The minimum atomic E-state index is 0.124. The van der Waals surface area contributed by atoms with Crippen LogP contribution >= 0.6 is 12.6 Å². The summed E-state index contributed by atoms with van der Waals surface area (Å²) >= 11 is 4.22. The molecular formula is C14H19NO2S. The molecule has 1 aliphatic rings. The van der Waals surface area contributed by atoms with Crippen LogP contribution in [0.25, 0.3) is 0 Å². The van der Waals surface area contributed by atoms with Crippen molar-refractivity contribution in [3.8, 4) is 0 Å². The zero-order valence-corrected chi connectivity index (χ0v) is 11.5. The molecule has 0 bridgehead atoms. The van der Waals surface area contributed by atoms with E-state index < -0.39 is 0 Å². The number of carbonyl (C=O) groups is 1. The number of rotatable bonds is 3. The van der Waals surface area contributed by atoms with Crippen LogP contribution in [0.15, 0.2) is 29.2 Å². The molecule has 0 saturated carbocycles. The zero-order chi connectivity index (χ0) is 13.0. The van der Waals surface area contributed by atoms with Crippen LogP contribution in [0.1, 0.15) is 23.2 Å². The summed E-state index contributed by atoms with van der Waals surface area (Å²) in [5.74, 6) is 0.720. The molecule has 1 aromatic rings. The Morgan fingerprint density at radius 2 is 1.94 bits per heavy atom. The molecule has 0 spiro atoms. The monoisotopic (exact) mass is 265 g/mol. The fourth-order valence-electron chi connectivity index (χ4n) is 2.33. The molecule has 3 nitrogen and oxygen atoms in total.